The number of benzene rings is 2. The summed E-state index contributed by atoms with van der Waals surface area (Å²) in [5, 5.41) is 0.870. The molecule has 6 heteroatoms. The summed E-state index contributed by atoms with van der Waals surface area (Å²) >= 11 is 6.81. The van der Waals surface area contributed by atoms with E-state index in [1.807, 2.05) is 48.5 Å². The maximum Gasteiger partial charge on any atom is 0.243 e. The van der Waals surface area contributed by atoms with E-state index in [2.05, 4.69) is 31.9 Å². The summed E-state index contributed by atoms with van der Waals surface area (Å²) in [4.78, 5) is 0. The van der Waals surface area contributed by atoms with Crippen LogP contribution in [0.4, 0.5) is 0 Å². The van der Waals surface area contributed by atoms with E-state index in [0.717, 1.165) is 19.9 Å². The molecular weight excluding hydrogens is 418 g/mol. The lowest BCUT2D eigenvalue weighted by Crippen LogP contribution is -2.13. The number of aromatic nitrogens is 1. The number of hydrogen-bond acceptors (Lipinski definition) is 2. The van der Waals surface area contributed by atoms with Gasteiger partial charge in [-0.15, -0.1) is 0 Å². The predicted molar refractivity (Wildman–Crippen MR) is 91.8 cm³/mol. The van der Waals surface area contributed by atoms with E-state index in [9.17, 15) is 8.42 Å². The third-order valence-corrected chi connectivity index (χ3v) is 5.90. The summed E-state index contributed by atoms with van der Waals surface area (Å²) < 4.78 is 28.3. The molecule has 108 valence electrons. The minimum absolute atomic E-state index is 0.0312. The second-order valence-electron chi connectivity index (χ2n) is 4.68. The maximum atomic E-state index is 12.7. The average molecular weight is 429 g/mol. The first-order valence-corrected chi connectivity index (χ1v) is 9.40. The van der Waals surface area contributed by atoms with Gasteiger partial charge in [-0.1, -0.05) is 52.3 Å². The van der Waals surface area contributed by atoms with Crippen molar-refractivity contribution >= 4 is 52.8 Å². The van der Waals surface area contributed by atoms with E-state index in [-0.39, 0.29) is 5.75 Å². The number of rotatable bonds is 3. The number of halogens is 2. The molecule has 0 fully saturated rings. The van der Waals surface area contributed by atoms with E-state index >= 15 is 0 Å². The summed E-state index contributed by atoms with van der Waals surface area (Å²) in [6.45, 7) is 0. The quantitative estimate of drug-likeness (QED) is 0.614. The highest BCUT2D eigenvalue weighted by atomic mass is 79.9. The fourth-order valence-corrected chi connectivity index (χ4v) is 4.71. The predicted octanol–water partition coefficient (Wildman–Crippen LogP) is 4.54. The van der Waals surface area contributed by atoms with Gasteiger partial charge >= 0.3 is 0 Å². The van der Waals surface area contributed by atoms with Gasteiger partial charge in [-0.05, 0) is 33.6 Å². The van der Waals surface area contributed by atoms with Crippen LogP contribution in [0.5, 0.6) is 0 Å². The smallest absolute Gasteiger partial charge is 0.243 e. The molecule has 3 nitrogen and oxygen atoms in total. The zero-order chi connectivity index (χ0) is 15.0. The van der Waals surface area contributed by atoms with Crippen molar-refractivity contribution in [3.63, 3.8) is 0 Å². The largest absolute Gasteiger partial charge is 0.244 e. The first-order chi connectivity index (χ1) is 9.97. The van der Waals surface area contributed by atoms with Gasteiger partial charge in [0.15, 0.2) is 0 Å². The minimum atomic E-state index is -3.47. The van der Waals surface area contributed by atoms with Crippen LogP contribution < -0.4 is 0 Å². The van der Waals surface area contributed by atoms with Crippen molar-refractivity contribution < 1.29 is 8.42 Å². The molecule has 0 atom stereocenters. The van der Waals surface area contributed by atoms with E-state index in [1.165, 1.54) is 3.97 Å². The van der Waals surface area contributed by atoms with Crippen LogP contribution in [0.3, 0.4) is 0 Å². The molecule has 3 rings (SSSR count). The van der Waals surface area contributed by atoms with Gasteiger partial charge in [0, 0.05) is 20.5 Å². The van der Waals surface area contributed by atoms with Crippen LogP contribution >= 0.6 is 31.9 Å². The van der Waals surface area contributed by atoms with Crippen LogP contribution in [0.1, 0.15) is 5.56 Å². The molecule has 0 spiro atoms. The molecule has 1 heterocycles. The van der Waals surface area contributed by atoms with Gasteiger partial charge < -0.3 is 0 Å². The minimum Gasteiger partial charge on any atom is -0.244 e. The van der Waals surface area contributed by atoms with Gasteiger partial charge in [0.1, 0.15) is 0 Å². The van der Waals surface area contributed by atoms with Crippen LogP contribution in [0.25, 0.3) is 10.9 Å². The molecule has 0 saturated heterocycles. The zero-order valence-electron chi connectivity index (χ0n) is 10.8. The Morgan fingerprint density at radius 3 is 2.43 bits per heavy atom. The Bertz CT molecular complexity index is 902. The van der Waals surface area contributed by atoms with E-state index in [1.54, 1.807) is 6.20 Å². The van der Waals surface area contributed by atoms with Crippen LogP contribution in [-0.4, -0.2) is 12.4 Å². The fourth-order valence-electron chi connectivity index (χ4n) is 2.22. The van der Waals surface area contributed by atoms with Gasteiger partial charge in [-0.3, -0.25) is 0 Å². The standard InChI is InChI=1S/C15H11Br2NO2S/c16-12-6-7-13-14(17)9-18(15(13)8-12)21(19,20)10-11-4-2-1-3-5-11/h1-9H,10H2. The Morgan fingerprint density at radius 1 is 1.00 bits per heavy atom. The summed E-state index contributed by atoms with van der Waals surface area (Å²) in [6.07, 6.45) is 1.61. The second kappa shape index (κ2) is 5.59. The SMILES string of the molecule is O=S(=O)(Cc1ccccc1)n1cc(Br)c2ccc(Br)cc21. The van der Waals surface area contributed by atoms with Crippen molar-refractivity contribution in [3.05, 3.63) is 69.2 Å². The molecule has 2 aromatic carbocycles. The van der Waals surface area contributed by atoms with E-state index < -0.39 is 10.0 Å². The molecule has 21 heavy (non-hydrogen) atoms. The Labute approximate surface area is 139 Å². The second-order valence-corrected chi connectivity index (χ2v) is 8.29. The Kier molecular flexibility index (Phi) is 3.94. The van der Waals surface area contributed by atoms with Gasteiger partial charge in [0.05, 0.1) is 11.3 Å². The van der Waals surface area contributed by atoms with Crippen LogP contribution in [-0.2, 0) is 15.8 Å². The monoisotopic (exact) mass is 427 g/mol. The molecule has 0 aliphatic heterocycles. The molecule has 0 bridgehead atoms. The fraction of sp³-hybridized carbons (Fsp3) is 0.0667. The molecule has 0 unspecified atom stereocenters. The Balaban J connectivity index is 2.13. The lowest BCUT2D eigenvalue weighted by Gasteiger charge is -2.07. The van der Waals surface area contributed by atoms with Crippen molar-refractivity contribution in [1.82, 2.24) is 3.97 Å². The maximum absolute atomic E-state index is 12.7. The molecule has 0 amide bonds. The Hall–Kier alpha value is -1.11. The molecule has 3 aromatic rings. The number of fused-ring (bicyclic) bond motifs is 1. The first-order valence-electron chi connectivity index (χ1n) is 6.21. The topological polar surface area (TPSA) is 39.1 Å². The van der Waals surface area contributed by atoms with Crippen molar-refractivity contribution in [3.8, 4) is 0 Å². The van der Waals surface area contributed by atoms with Crippen molar-refractivity contribution in [2.45, 2.75) is 5.75 Å². The summed E-state index contributed by atoms with van der Waals surface area (Å²) in [6, 6.07) is 14.8. The third kappa shape index (κ3) is 2.93. The first kappa shape index (κ1) is 14.8. The van der Waals surface area contributed by atoms with Crippen molar-refractivity contribution in [2.75, 3.05) is 0 Å². The lowest BCUT2D eigenvalue weighted by molar-refractivity contribution is 0.588. The van der Waals surface area contributed by atoms with E-state index in [0.29, 0.717) is 5.52 Å². The van der Waals surface area contributed by atoms with Crippen LogP contribution in [0.2, 0.25) is 0 Å². The molecule has 1 aromatic heterocycles. The number of hydrogen-bond donors (Lipinski definition) is 0. The third-order valence-electron chi connectivity index (χ3n) is 3.18. The highest BCUT2D eigenvalue weighted by Gasteiger charge is 2.19. The molecule has 0 aliphatic rings. The molecule has 0 N–H and O–H groups in total. The summed E-state index contributed by atoms with van der Waals surface area (Å²) in [7, 11) is -3.47. The molecule has 0 aliphatic carbocycles. The number of nitrogens with zero attached hydrogens (tertiary/aromatic N) is 1. The highest BCUT2D eigenvalue weighted by molar-refractivity contribution is 9.11. The van der Waals surface area contributed by atoms with E-state index in [4.69, 9.17) is 0 Å². The average Bonchev–Trinajstić information content (AvgIpc) is 2.77. The van der Waals surface area contributed by atoms with Gasteiger partial charge in [0.25, 0.3) is 0 Å². The van der Waals surface area contributed by atoms with Crippen molar-refractivity contribution in [1.29, 1.82) is 0 Å². The normalized spacial score (nSPS) is 11.9. The molecule has 0 radical (unpaired) electrons. The highest BCUT2D eigenvalue weighted by Crippen LogP contribution is 2.30. The van der Waals surface area contributed by atoms with Crippen LogP contribution in [0, 0.1) is 0 Å². The Morgan fingerprint density at radius 2 is 1.71 bits per heavy atom. The van der Waals surface area contributed by atoms with Crippen LogP contribution in [0.15, 0.2) is 63.7 Å². The lowest BCUT2D eigenvalue weighted by atomic mass is 10.2. The van der Waals surface area contributed by atoms with Gasteiger partial charge in [0.2, 0.25) is 10.0 Å². The van der Waals surface area contributed by atoms with Crippen molar-refractivity contribution in [2.24, 2.45) is 0 Å². The summed E-state index contributed by atoms with van der Waals surface area (Å²) in [5.74, 6) is -0.0312. The van der Waals surface area contributed by atoms with Gasteiger partial charge in [-0.2, -0.15) is 0 Å². The summed E-state index contributed by atoms with van der Waals surface area (Å²) in [5.41, 5.74) is 1.43. The molecule has 0 saturated carbocycles. The zero-order valence-corrected chi connectivity index (χ0v) is 14.8. The van der Waals surface area contributed by atoms with Gasteiger partial charge in [-0.25, -0.2) is 12.4 Å². The molecular formula is C15H11Br2NO2S.